The molecular weight excluding hydrogens is 368 g/mol. The van der Waals surface area contributed by atoms with Gasteiger partial charge < -0.3 is 24.5 Å². The number of hydrogen-bond acceptors (Lipinski definition) is 4. The van der Waals surface area contributed by atoms with E-state index in [-0.39, 0.29) is 0 Å². The van der Waals surface area contributed by atoms with E-state index in [1.54, 1.807) is 7.11 Å². The summed E-state index contributed by atoms with van der Waals surface area (Å²) in [6.07, 6.45) is 0. The Hall–Kier alpha value is -3.41. The van der Waals surface area contributed by atoms with Crippen molar-refractivity contribution in [3.63, 3.8) is 0 Å². The number of carbonyl (C=O) groups excluding carboxylic acids is 1. The van der Waals surface area contributed by atoms with Crippen LogP contribution in [0.1, 0.15) is 27.3 Å². The van der Waals surface area contributed by atoms with E-state index in [4.69, 9.17) is 19.9 Å². The number of rotatable bonds is 5. The van der Waals surface area contributed by atoms with Crippen molar-refractivity contribution in [1.29, 1.82) is 0 Å². The molecule has 29 heavy (non-hydrogen) atoms. The smallest absolute Gasteiger partial charge is 0.251 e. The number of nitrogens with zero attached hydrogens (tertiary/aromatic N) is 1. The highest BCUT2D eigenvalue weighted by molar-refractivity contribution is 6.02. The van der Waals surface area contributed by atoms with E-state index in [1.807, 2.05) is 56.3 Å². The molecule has 1 aliphatic rings. The van der Waals surface area contributed by atoms with Gasteiger partial charge in [0.2, 0.25) is 0 Å². The Morgan fingerprint density at radius 3 is 2.52 bits per heavy atom. The lowest BCUT2D eigenvalue weighted by atomic mass is 9.99. The number of amides is 1. The maximum atomic E-state index is 12.4. The van der Waals surface area contributed by atoms with Gasteiger partial charge in [-0.3, -0.25) is 4.79 Å². The van der Waals surface area contributed by atoms with Crippen LogP contribution in [-0.2, 0) is 6.54 Å². The highest BCUT2D eigenvalue weighted by Crippen LogP contribution is 2.39. The van der Waals surface area contributed by atoms with E-state index in [2.05, 4.69) is 4.57 Å². The molecule has 2 N–H and O–H groups in total. The molecule has 0 unspecified atom stereocenters. The van der Waals surface area contributed by atoms with Crippen LogP contribution in [0.5, 0.6) is 17.2 Å². The topological polar surface area (TPSA) is 75.7 Å². The molecule has 4 rings (SSSR count). The lowest BCUT2D eigenvalue weighted by Gasteiger charge is -2.19. The molecule has 3 aromatic rings. The summed E-state index contributed by atoms with van der Waals surface area (Å²) in [6.45, 7) is 5.54. The van der Waals surface area contributed by atoms with E-state index in [0.717, 1.165) is 33.8 Å². The zero-order valence-corrected chi connectivity index (χ0v) is 16.8. The zero-order chi connectivity index (χ0) is 20.5. The van der Waals surface area contributed by atoms with Crippen molar-refractivity contribution in [2.24, 2.45) is 5.73 Å². The minimum Gasteiger partial charge on any atom is -0.496 e. The third-order valence-electron chi connectivity index (χ3n) is 5.38. The largest absolute Gasteiger partial charge is 0.496 e. The molecule has 0 saturated heterocycles. The molecule has 0 aliphatic carbocycles. The monoisotopic (exact) mass is 392 g/mol. The Morgan fingerprint density at radius 2 is 1.79 bits per heavy atom. The van der Waals surface area contributed by atoms with Crippen LogP contribution in [0.15, 0.2) is 42.5 Å². The predicted molar refractivity (Wildman–Crippen MR) is 111 cm³/mol. The first-order valence-corrected chi connectivity index (χ1v) is 9.52. The first kappa shape index (κ1) is 18.9. The Morgan fingerprint density at radius 1 is 1.07 bits per heavy atom. The van der Waals surface area contributed by atoms with Gasteiger partial charge in [0.15, 0.2) is 11.5 Å². The van der Waals surface area contributed by atoms with Crippen molar-refractivity contribution < 1.29 is 19.0 Å². The van der Waals surface area contributed by atoms with Crippen molar-refractivity contribution in [3.05, 3.63) is 65.0 Å². The van der Waals surface area contributed by atoms with Gasteiger partial charge in [-0.15, -0.1) is 0 Å². The quantitative estimate of drug-likeness (QED) is 0.718. The van der Waals surface area contributed by atoms with Crippen LogP contribution >= 0.6 is 0 Å². The van der Waals surface area contributed by atoms with E-state index in [0.29, 0.717) is 36.8 Å². The van der Waals surface area contributed by atoms with E-state index in [9.17, 15) is 4.79 Å². The molecule has 0 radical (unpaired) electrons. The van der Waals surface area contributed by atoms with Crippen molar-refractivity contribution in [2.75, 3.05) is 20.3 Å². The number of fused-ring (bicyclic) bond motifs is 1. The number of para-hydroxylation sites is 1. The fraction of sp³-hybridized carbons (Fsp3) is 0.261. The predicted octanol–water partition coefficient (Wildman–Crippen LogP) is 3.70. The van der Waals surface area contributed by atoms with Gasteiger partial charge in [-0.2, -0.15) is 0 Å². The van der Waals surface area contributed by atoms with Crippen LogP contribution in [0.3, 0.4) is 0 Å². The molecule has 6 heteroatoms. The van der Waals surface area contributed by atoms with Crippen LogP contribution in [0.2, 0.25) is 0 Å². The summed E-state index contributed by atoms with van der Waals surface area (Å²) in [5, 5.41) is 0. The summed E-state index contributed by atoms with van der Waals surface area (Å²) in [4.78, 5) is 12.4. The number of ether oxygens (including phenoxy) is 3. The van der Waals surface area contributed by atoms with Gasteiger partial charge in [-0.1, -0.05) is 24.3 Å². The standard InChI is InChI=1S/C23H24N2O4/c1-14-21(16-8-9-19-20(12-16)29-11-10-28-19)22(23(24)26)15(2)25(14)13-17-6-4-5-7-18(17)27-3/h4-9,12H,10-11,13H2,1-3H3,(H2,24,26). The lowest BCUT2D eigenvalue weighted by molar-refractivity contribution is 0.1000. The van der Waals surface area contributed by atoms with Crippen molar-refractivity contribution in [2.45, 2.75) is 20.4 Å². The summed E-state index contributed by atoms with van der Waals surface area (Å²) in [6, 6.07) is 13.6. The number of carbonyl (C=O) groups is 1. The van der Waals surface area contributed by atoms with Gasteiger partial charge in [-0.05, 0) is 37.6 Å². The maximum absolute atomic E-state index is 12.4. The molecule has 1 amide bonds. The SMILES string of the molecule is COc1ccccc1Cn1c(C)c(C(N)=O)c(-c2ccc3c(c2)OCCO3)c1C. The summed E-state index contributed by atoms with van der Waals surface area (Å²) in [7, 11) is 1.66. The highest BCUT2D eigenvalue weighted by atomic mass is 16.6. The van der Waals surface area contributed by atoms with E-state index >= 15 is 0 Å². The molecular formula is C23H24N2O4. The minimum absolute atomic E-state index is 0.450. The fourth-order valence-corrected chi connectivity index (χ4v) is 3.98. The summed E-state index contributed by atoms with van der Waals surface area (Å²) in [5.74, 6) is 1.75. The second-order valence-corrected chi connectivity index (χ2v) is 7.04. The third-order valence-corrected chi connectivity index (χ3v) is 5.38. The fourth-order valence-electron chi connectivity index (χ4n) is 3.98. The first-order chi connectivity index (χ1) is 14.0. The Labute approximate surface area is 169 Å². The number of primary amides is 1. The molecule has 1 aliphatic heterocycles. The van der Waals surface area contributed by atoms with E-state index < -0.39 is 5.91 Å². The zero-order valence-electron chi connectivity index (χ0n) is 16.8. The van der Waals surface area contributed by atoms with Crippen molar-refractivity contribution >= 4 is 5.91 Å². The number of hydrogen-bond donors (Lipinski definition) is 1. The molecule has 2 heterocycles. The van der Waals surface area contributed by atoms with Crippen molar-refractivity contribution in [3.8, 4) is 28.4 Å². The number of nitrogens with two attached hydrogens (primary N) is 1. The van der Waals surface area contributed by atoms with Gasteiger partial charge >= 0.3 is 0 Å². The molecule has 150 valence electrons. The number of benzene rings is 2. The summed E-state index contributed by atoms with van der Waals surface area (Å²) >= 11 is 0. The lowest BCUT2D eigenvalue weighted by Crippen LogP contribution is -2.15. The molecule has 0 fully saturated rings. The van der Waals surface area contributed by atoms with Gasteiger partial charge in [0, 0.05) is 22.5 Å². The van der Waals surface area contributed by atoms with Crippen molar-refractivity contribution in [1.82, 2.24) is 4.57 Å². The van der Waals surface area contributed by atoms with Crippen LogP contribution < -0.4 is 19.9 Å². The molecule has 1 aromatic heterocycles. The average molecular weight is 392 g/mol. The van der Waals surface area contributed by atoms with Crippen LogP contribution in [0.4, 0.5) is 0 Å². The molecule has 0 saturated carbocycles. The maximum Gasteiger partial charge on any atom is 0.251 e. The highest BCUT2D eigenvalue weighted by Gasteiger charge is 2.24. The number of methoxy groups -OCH3 is 1. The van der Waals surface area contributed by atoms with E-state index in [1.165, 1.54) is 0 Å². The van der Waals surface area contributed by atoms with Crippen LogP contribution in [0.25, 0.3) is 11.1 Å². The third kappa shape index (κ3) is 3.31. The van der Waals surface area contributed by atoms with Gasteiger partial charge in [0.05, 0.1) is 19.2 Å². The molecule has 6 nitrogen and oxygen atoms in total. The number of aromatic nitrogens is 1. The first-order valence-electron chi connectivity index (χ1n) is 9.52. The average Bonchev–Trinajstić information content (AvgIpc) is 2.98. The van der Waals surface area contributed by atoms with Crippen LogP contribution in [-0.4, -0.2) is 30.8 Å². The van der Waals surface area contributed by atoms with Gasteiger partial charge in [0.1, 0.15) is 19.0 Å². The molecule has 2 aromatic carbocycles. The summed E-state index contributed by atoms with van der Waals surface area (Å²) < 4.78 is 18.9. The second-order valence-electron chi connectivity index (χ2n) is 7.04. The van der Waals surface area contributed by atoms with Gasteiger partial charge in [-0.25, -0.2) is 0 Å². The molecule has 0 atom stereocenters. The summed E-state index contributed by atoms with van der Waals surface area (Å²) in [5.41, 5.74) is 10.8. The van der Waals surface area contributed by atoms with Crippen LogP contribution in [0, 0.1) is 13.8 Å². The Balaban J connectivity index is 1.85. The molecule has 0 spiro atoms. The second kappa shape index (κ2) is 7.54. The normalized spacial score (nSPS) is 12.7. The molecule has 0 bridgehead atoms. The minimum atomic E-state index is -0.450. The Bertz CT molecular complexity index is 1080. The Kier molecular flexibility index (Phi) is 4.92. The van der Waals surface area contributed by atoms with Gasteiger partial charge in [0.25, 0.3) is 5.91 Å².